The van der Waals surface area contributed by atoms with Crippen LogP contribution < -0.4 is 5.32 Å². The number of aliphatic hydroxyl groups is 1. The van der Waals surface area contributed by atoms with Crippen LogP contribution in [-0.2, 0) is 9.53 Å². The van der Waals surface area contributed by atoms with Crippen molar-refractivity contribution in [3.8, 4) is 0 Å². The maximum Gasteiger partial charge on any atom is 0.308 e. The molecule has 0 amide bonds. The molecule has 2 N–H and O–H groups in total. The average Bonchev–Trinajstić information content (AvgIpc) is 2.03. The van der Waals surface area contributed by atoms with E-state index in [0.717, 1.165) is 5.57 Å². The van der Waals surface area contributed by atoms with Gasteiger partial charge in [0.15, 0.2) is 0 Å². The van der Waals surface area contributed by atoms with Gasteiger partial charge in [0, 0.05) is 13.1 Å². The zero-order valence-corrected chi connectivity index (χ0v) is 8.88. The minimum Gasteiger partial charge on any atom is -0.466 e. The summed E-state index contributed by atoms with van der Waals surface area (Å²) in [6, 6.07) is 0. The molecule has 0 heterocycles. The van der Waals surface area contributed by atoms with Crippen LogP contribution in [0.3, 0.4) is 0 Å². The van der Waals surface area contributed by atoms with Gasteiger partial charge in [-0.15, -0.1) is 0 Å². The topological polar surface area (TPSA) is 58.6 Å². The van der Waals surface area contributed by atoms with Gasteiger partial charge in [-0.2, -0.15) is 0 Å². The number of aliphatic hydroxyl groups excluding tert-OH is 1. The normalized spacial score (nSPS) is 12.2. The highest BCUT2D eigenvalue weighted by Gasteiger charge is 2.10. The highest BCUT2D eigenvalue weighted by Crippen LogP contribution is 1.94. The van der Waals surface area contributed by atoms with Crippen molar-refractivity contribution in [3.05, 3.63) is 12.2 Å². The molecule has 4 nitrogen and oxygen atoms in total. The second-order valence-electron chi connectivity index (χ2n) is 3.25. The Morgan fingerprint density at radius 3 is 2.79 bits per heavy atom. The zero-order chi connectivity index (χ0) is 11.0. The third-order valence-electron chi connectivity index (χ3n) is 1.51. The van der Waals surface area contributed by atoms with Crippen LogP contribution in [0.25, 0.3) is 0 Å². The predicted octanol–water partition coefficient (Wildman–Crippen LogP) is 0.466. The molecule has 14 heavy (non-hydrogen) atoms. The molecule has 0 aromatic rings. The van der Waals surface area contributed by atoms with Crippen LogP contribution >= 0.6 is 0 Å². The smallest absolute Gasteiger partial charge is 0.308 e. The van der Waals surface area contributed by atoms with E-state index in [1.165, 1.54) is 0 Å². The van der Waals surface area contributed by atoms with Crippen LogP contribution in [0.2, 0.25) is 0 Å². The quantitative estimate of drug-likeness (QED) is 0.464. The second kappa shape index (κ2) is 7.53. The number of carbonyl (C=O) groups excluding carboxylic acids is 1. The van der Waals surface area contributed by atoms with Crippen molar-refractivity contribution >= 4 is 5.97 Å². The lowest BCUT2D eigenvalue weighted by molar-refractivity contribution is -0.145. The van der Waals surface area contributed by atoms with Gasteiger partial charge in [0.1, 0.15) is 0 Å². The Kier molecular flexibility index (Phi) is 7.06. The van der Waals surface area contributed by atoms with Gasteiger partial charge in [0.2, 0.25) is 0 Å². The summed E-state index contributed by atoms with van der Waals surface area (Å²) in [5.41, 5.74) is 0.994. The molecule has 0 aliphatic heterocycles. The lowest BCUT2D eigenvalue weighted by atomic mass is 10.2. The number of nitrogens with one attached hydrogen (secondary N) is 1. The Labute approximate surface area is 85.0 Å². The average molecular weight is 201 g/mol. The first kappa shape index (κ1) is 13.1. The number of ether oxygens (including phenoxy) is 1. The van der Waals surface area contributed by atoms with E-state index in [0.29, 0.717) is 19.7 Å². The fraction of sp³-hybridized carbons (Fsp3) is 0.700. The van der Waals surface area contributed by atoms with Gasteiger partial charge in [0.05, 0.1) is 19.1 Å². The minimum atomic E-state index is -0.687. The molecule has 0 saturated carbocycles. The monoisotopic (exact) mass is 201 g/mol. The van der Waals surface area contributed by atoms with Gasteiger partial charge in [-0.3, -0.25) is 4.79 Å². The SMILES string of the molecule is C=C(C)CNCC(O)CC(=O)OCC. The number of rotatable bonds is 7. The molecule has 82 valence electrons. The van der Waals surface area contributed by atoms with Crippen LogP contribution in [-0.4, -0.2) is 36.9 Å². The Morgan fingerprint density at radius 2 is 2.29 bits per heavy atom. The Bertz CT molecular complexity index is 192. The van der Waals surface area contributed by atoms with Crippen molar-refractivity contribution in [3.63, 3.8) is 0 Å². The van der Waals surface area contributed by atoms with Crippen LogP contribution in [0.1, 0.15) is 20.3 Å². The molecule has 0 spiro atoms. The van der Waals surface area contributed by atoms with E-state index < -0.39 is 6.10 Å². The summed E-state index contributed by atoms with van der Waals surface area (Å²) < 4.78 is 4.70. The molecular formula is C10H19NO3. The maximum atomic E-state index is 10.9. The zero-order valence-electron chi connectivity index (χ0n) is 8.88. The third kappa shape index (κ3) is 7.76. The van der Waals surface area contributed by atoms with Crippen LogP contribution in [0, 0.1) is 0 Å². The van der Waals surface area contributed by atoms with Crippen molar-refractivity contribution < 1.29 is 14.6 Å². The highest BCUT2D eigenvalue weighted by molar-refractivity contribution is 5.69. The van der Waals surface area contributed by atoms with E-state index in [2.05, 4.69) is 11.9 Å². The Morgan fingerprint density at radius 1 is 1.64 bits per heavy atom. The van der Waals surface area contributed by atoms with Crippen LogP contribution in [0.15, 0.2) is 12.2 Å². The first-order valence-electron chi connectivity index (χ1n) is 4.75. The predicted molar refractivity (Wildman–Crippen MR) is 54.9 cm³/mol. The summed E-state index contributed by atoms with van der Waals surface area (Å²) in [5.74, 6) is -0.364. The van der Waals surface area contributed by atoms with Gasteiger partial charge in [-0.25, -0.2) is 0 Å². The molecule has 0 bridgehead atoms. The second-order valence-corrected chi connectivity index (χ2v) is 3.25. The first-order valence-corrected chi connectivity index (χ1v) is 4.75. The summed E-state index contributed by atoms with van der Waals surface area (Å²) in [6.07, 6.45) is -0.648. The molecule has 0 saturated heterocycles. The minimum absolute atomic E-state index is 0.0387. The molecule has 1 unspecified atom stereocenters. The Hall–Kier alpha value is -0.870. The highest BCUT2D eigenvalue weighted by atomic mass is 16.5. The number of hydrogen-bond donors (Lipinski definition) is 2. The fourth-order valence-corrected chi connectivity index (χ4v) is 0.937. The molecule has 0 fully saturated rings. The molecule has 0 aromatic carbocycles. The fourth-order valence-electron chi connectivity index (χ4n) is 0.937. The summed E-state index contributed by atoms with van der Waals surface area (Å²) in [6.45, 7) is 8.73. The lowest BCUT2D eigenvalue weighted by Gasteiger charge is -2.10. The van der Waals surface area contributed by atoms with E-state index in [1.807, 2.05) is 6.92 Å². The van der Waals surface area contributed by atoms with Crippen molar-refractivity contribution in [2.24, 2.45) is 0 Å². The number of esters is 1. The molecule has 1 atom stereocenters. The third-order valence-corrected chi connectivity index (χ3v) is 1.51. The number of carbonyl (C=O) groups is 1. The van der Waals surface area contributed by atoms with Gasteiger partial charge >= 0.3 is 5.97 Å². The van der Waals surface area contributed by atoms with Crippen LogP contribution in [0.4, 0.5) is 0 Å². The summed E-state index contributed by atoms with van der Waals surface area (Å²) in [4.78, 5) is 10.9. The molecule has 4 heteroatoms. The largest absolute Gasteiger partial charge is 0.466 e. The van der Waals surface area contributed by atoms with E-state index >= 15 is 0 Å². The maximum absolute atomic E-state index is 10.9. The van der Waals surface area contributed by atoms with E-state index in [9.17, 15) is 9.90 Å². The van der Waals surface area contributed by atoms with Crippen LogP contribution in [0.5, 0.6) is 0 Å². The Balaban J connectivity index is 3.49. The summed E-state index contributed by atoms with van der Waals surface area (Å²) in [7, 11) is 0. The van der Waals surface area contributed by atoms with Crippen molar-refractivity contribution in [1.29, 1.82) is 0 Å². The van der Waals surface area contributed by atoms with Gasteiger partial charge in [-0.1, -0.05) is 12.2 Å². The summed E-state index contributed by atoms with van der Waals surface area (Å²) >= 11 is 0. The van der Waals surface area contributed by atoms with Crippen molar-refractivity contribution in [2.75, 3.05) is 19.7 Å². The molecule has 0 radical (unpaired) electrons. The number of hydrogen-bond acceptors (Lipinski definition) is 4. The van der Waals surface area contributed by atoms with Crippen molar-refractivity contribution in [2.45, 2.75) is 26.4 Å². The van der Waals surface area contributed by atoms with Gasteiger partial charge in [0.25, 0.3) is 0 Å². The van der Waals surface area contributed by atoms with Gasteiger partial charge in [-0.05, 0) is 13.8 Å². The standard InChI is InChI=1S/C10H19NO3/c1-4-14-10(13)5-9(12)7-11-6-8(2)3/h9,11-12H,2,4-7H2,1,3H3. The first-order chi connectivity index (χ1) is 6.56. The molecule has 0 rings (SSSR count). The van der Waals surface area contributed by atoms with E-state index in [4.69, 9.17) is 4.74 Å². The molecular weight excluding hydrogens is 182 g/mol. The molecule has 0 aromatic heterocycles. The summed E-state index contributed by atoms with van der Waals surface area (Å²) in [5, 5.41) is 12.3. The van der Waals surface area contributed by atoms with E-state index in [1.54, 1.807) is 6.92 Å². The lowest BCUT2D eigenvalue weighted by Crippen LogP contribution is -2.30. The van der Waals surface area contributed by atoms with Crippen molar-refractivity contribution in [1.82, 2.24) is 5.32 Å². The van der Waals surface area contributed by atoms with Gasteiger partial charge < -0.3 is 15.2 Å². The molecule has 0 aliphatic carbocycles. The van der Waals surface area contributed by atoms with E-state index in [-0.39, 0.29) is 12.4 Å². The molecule has 0 aliphatic rings.